The predicted octanol–water partition coefficient (Wildman–Crippen LogP) is 2.24. The fourth-order valence-electron chi connectivity index (χ4n) is 4.08. The number of benzene rings is 1. The van der Waals surface area contributed by atoms with Crippen LogP contribution in [0.5, 0.6) is 11.5 Å². The molecule has 2 aliphatic heterocycles. The predicted molar refractivity (Wildman–Crippen MR) is 99.0 cm³/mol. The van der Waals surface area contributed by atoms with Gasteiger partial charge in [-0.05, 0) is 37.8 Å². The maximum Gasteiger partial charge on any atom is 0.310 e. The van der Waals surface area contributed by atoms with Gasteiger partial charge in [0.15, 0.2) is 11.5 Å². The molecule has 2 amide bonds. The number of carbonyl (C=O) groups is 3. The van der Waals surface area contributed by atoms with Gasteiger partial charge < -0.3 is 24.8 Å². The fourth-order valence-corrected chi connectivity index (χ4v) is 4.08. The normalized spacial score (nSPS) is 20.4. The van der Waals surface area contributed by atoms with Crippen LogP contribution in [0.25, 0.3) is 0 Å². The maximum absolute atomic E-state index is 12.6. The highest BCUT2D eigenvalue weighted by Crippen LogP contribution is 2.44. The molecule has 150 valence electrons. The summed E-state index contributed by atoms with van der Waals surface area (Å²) >= 11 is 0. The van der Waals surface area contributed by atoms with Crippen LogP contribution in [0.4, 0.5) is 5.69 Å². The third-order valence-electron chi connectivity index (χ3n) is 6.11. The van der Waals surface area contributed by atoms with Crippen molar-refractivity contribution < 1.29 is 29.0 Å². The van der Waals surface area contributed by atoms with Crippen molar-refractivity contribution in [2.45, 2.75) is 38.5 Å². The van der Waals surface area contributed by atoms with Gasteiger partial charge in [-0.3, -0.25) is 14.4 Å². The number of nitrogens with zero attached hydrogens (tertiary/aromatic N) is 1. The Morgan fingerprint density at radius 3 is 2.50 bits per heavy atom. The van der Waals surface area contributed by atoms with E-state index in [1.54, 1.807) is 23.1 Å². The lowest BCUT2D eigenvalue weighted by Crippen LogP contribution is -2.46. The minimum Gasteiger partial charge on any atom is -0.481 e. The molecule has 0 atom stereocenters. The molecule has 0 unspecified atom stereocenters. The number of carbonyl (C=O) groups excluding carboxylic acids is 2. The Balaban J connectivity index is 1.28. The van der Waals surface area contributed by atoms with E-state index in [0.29, 0.717) is 56.0 Å². The van der Waals surface area contributed by atoms with Gasteiger partial charge in [-0.1, -0.05) is 6.42 Å². The number of carboxylic acid groups (broad SMARTS) is 1. The van der Waals surface area contributed by atoms with E-state index in [1.165, 1.54) is 0 Å². The molecule has 0 bridgehead atoms. The van der Waals surface area contributed by atoms with Crippen LogP contribution in [-0.2, 0) is 14.4 Å². The van der Waals surface area contributed by atoms with Crippen molar-refractivity contribution in [3.05, 3.63) is 18.2 Å². The first-order chi connectivity index (χ1) is 13.5. The second-order valence-electron chi connectivity index (χ2n) is 7.83. The molecule has 0 radical (unpaired) electrons. The minimum absolute atomic E-state index is 0.0659. The van der Waals surface area contributed by atoms with Crippen molar-refractivity contribution in [3.63, 3.8) is 0 Å². The molecular formula is C20H24N2O6. The van der Waals surface area contributed by atoms with Gasteiger partial charge in [0.05, 0.1) is 5.41 Å². The zero-order chi connectivity index (χ0) is 19.7. The van der Waals surface area contributed by atoms with Crippen LogP contribution in [0, 0.1) is 11.3 Å². The van der Waals surface area contributed by atoms with Gasteiger partial charge in [0.2, 0.25) is 18.6 Å². The number of likely N-dealkylation sites (tertiary alicyclic amines) is 1. The summed E-state index contributed by atoms with van der Waals surface area (Å²) in [6.07, 6.45) is 3.22. The number of carboxylic acids is 1. The summed E-state index contributed by atoms with van der Waals surface area (Å²) < 4.78 is 10.6. The molecule has 0 aromatic heterocycles. The number of hydrogen-bond donors (Lipinski definition) is 2. The van der Waals surface area contributed by atoms with Crippen LogP contribution < -0.4 is 14.8 Å². The highest BCUT2D eigenvalue weighted by atomic mass is 16.7. The zero-order valence-electron chi connectivity index (χ0n) is 15.6. The van der Waals surface area contributed by atoms with Gasteiger partial charge in [-0.15, -0.1) is 0 Å². The Bertz CT molecular complexity index is 796. The van der Waals surface area contributed by atoms with Gasteiger partial charge in [-0.2, -0.15) is 0 Å². The summed E-state index contributed by atoms with van der Waals surface area (Å²) in [5, 5.41) is 12.3. The van der Waals surface area contributed by atoms with Gasteiger partial charge >= 0.3 is 5.97 Å². The summed E-state index contributed by atoms with van der Waals surface area (Å²) in [4.78, 5) is 38.2. The molecule has 4 rings (SSSR count). The topological polar surface area (TPSA) is 105 Å². The van der Waals surface area contributed by atoms with Crippen LogP contribution >= 0.6 is 0 Å². The molecule has 2 N–H and O–H groups in total. The van der Waals surface area contributed by atoms with Crippen molar-refractivity contribution in [1.29, 1.82) is 0 Å². The van der Waals surface area contributed by atoms with Gasteiger partial charge in [0.1, 0.15) is 0 Å². The smallest absolute Gasteiger partial charge is 0.310 e. The highest BCUT2D eigenvalue weighted by Gasteiger charge is 2.46. The number of ether oxygens (including phenoxy) is 2. The number of aliphatic carboxylic acids is 1. The number of nitrogens with one attached hydrogen (secondary N) is 1. The highest BCUT2D eigenvalue weighted by molar-refractivity contribution is 5.93. The number of fused-ring (bicyclic) bond motifs is 1. The Hall–Kier alpha value is -2.77. The Labute approximate surface area is 162 Å². The lowest BCUT2D eigenvalue weighted by Gasteiger charge is -2.39. The molecule has 8 heteroatoms. The summed E-state index contributed by atoms with van der Waals surface area (Å²) in [6.45, 7) is 1.14. The monoisotopic (exact) mass is 388 g/mol. The van der Waals surface area contributed by atoms with Gasteiger partial charge in [-0.25, -0.2) is 0 Å². The van der Waals surface area contributed by atoms with Crippen LogP contribution in [0.3, 0.4) is 0 Å². The summed E-state index contributed by atoms with van der Waals surface area (Å²) in [5.74, 6) is 0.0392. The van der Waals surface area contributed by atoms with E-state index in [4.69, 9.17) is 9.47 Å². The van der Waals surface area contributed by atoms with Crippen LogP contribution in [0.2, 0.25) is 0 Å². The van der Waals surface area contributed by atoms with E-state index in [2.05, 4.69) is 5.32 Å². The van der Waals surface area contributed by atoms with E-state index in [0.717, 1.165) is 6.42 Å². The molecule has 1 aromatic carbocycles. The summed E-state index contributed by atoms with van der Waals surface area (Å²) in [5.41, 5.74) is -0.217. The Kier molecular flexibility index (Phi) is 4.87. The van der Waals surface area contributed by atoms with Crippen LogP contribution in [-0.4, -0.2) is 47.7 Å². The van der Waals surface area contributed by atoms with E-state index >= 15 is 0 Å². The van der Waals surface area contributed by atoms with E-state index in [9.17, 15) is 19.5 Å². The molecule has 3 aliphatic rings. The molecule has 1 saturated carbocycles. The van der Waals surface area contributed by atoms with E-state index in [-0.39, 0.29) is 30.9 Å². The zero-order valence-corrected chi connectivity index (χ0v) is 15.6. The molecule has 28 heavy (non-hydrogen) atoms. The molecule has 1 aliphatic carbocycles. The van der Waals surface area contributed by atoms with Crippen LogP contribution in [0.15, 0.2) is 18.2 Å². The van der Waals surface area contributed by atoms with Crippen molar-refractivity contribution >= 4 is 23.5 Å². The average Bonchev–Trinajstić information content (AvgIpc) is 3.12. The number of hydrogen-bond acceptors (Lipinski definition) is 5. The molecule has 2 heterocycles. The first kappa shape index (κ1) is 18.6. The number of rotatable bonds is 5. The summed E-state index contributed by atoms with van der Waals surface area (Å²) in [6, 6.07) is 5.27. The standard InChI is InChI=1S/C20H24N2O6/c23-17(11-20(19(25)26)6-1-7-20)22-8-4-13(5-9-22)18(24)21-14-2-3-15-16(10-14)28-12-27-15/h2-3,10,13H,1,4-9,11-12H2,(H,21,24)(H,25,26). The second kappa shape index (κ2) is 7.33. The molecular weight excluding hydrogens is 364 g/mol. The van der Waals surface area contributed by atoms with Crippen molar-refractivity contribution in [2.24, 2.45) is 11.3 Å². The number of piperidine rings is 1. The third kappa shape index (κ3) is 3.50. The van der Waals surface area contributed by atoms with E-state index in [1.807, 2.05) is 0 Å². The molecule has 8 nitrogen and oxygen atoms in total. The first-order valence-corrected chi connectivity index (χ1v) is 9.69. The summed E-state index contributed by atoms with van der Waals surface area (Å²) in [7, 11) is 0. The van der Waals surface area contributed by atoms with Crippen molar-refractivity contribution in [3.8, 4) is 11.5 Å². The van der Waals surface area contributed by atoms with Crippen molar-refractivity contribution in [1.82, 2.24) is 4.90 Å². The quantitative estimate of drug-likeness (QED) is 0.801. The van der Waals surface area contributed by atoms with Gasteiger partial charge in [0.25, 0.3) is 0 Å². The fraction of sp³-hybridized carbons (Fsp3) is 0.550. The maximum atomic E-state index is 12.6. The van der Waals surface area contributed by atoms with E-state index < -0.39 is 11.4 Å². The first-order valence-electron chi connectivity index (χ1n) is 9.69. The largest absolute Gasteiger partial charge is 0.481 e. The lowest BCUT2D eigenvalue weighted by molar-refractivity contribution is -0.159. The lowest BCUT2D eigenvalue weighted by atomic mass is 9.66. The Morgan fingerprint density at radius 2 is 1.86 bits per heavy atom. The SMILES string of the molecule is O=C(Nc1ccc2c(c1)OCO2)C1CCN(C(=O)CC2(C(=O)O)CCC2)CC1. The molecule has 0 spiro atoms. The average molecular weight is 388 g/mol. The molecule has 1 saturated heterocycles. The Morgan fingerprint density at radius 1 is 1.14 bits per heavy atom. The number of amides is 2. The molecule has 2 fully saturated rings. The second-order valence-corrected chi connectivity index (χ2v) is 7.83. The van der Waals surface area contributed by atoms with Crippen molar-refractivity contribution in [2.75, 3.05) is 25.2 Å². The minimum atomic E-state index is -0.870. The number of anilines is 1. The van der Waals surface area contributed by atoms with Crippen LogP contribution in [0.1, 0.15) is 38.5 Å². The molecule has 1 aromatic rings. The third-order valence-corrected chi connectivity index (χ3v) is 6.11. The van der Waals surface area contributed by atoms with Gasteiger partial charge in [0, 0.05) is 37.2 Å².